The molecule has 0 fully saturated rings. The van der Waals surface area contributed by atoms with Crippen molar-refractivity contribution in [3.8, 4) is 5.75 Å². The number of nitrogens with two attached hydrogens (primary N) is 1. The predicted octanol–water partition coefficient (Wildman–Crippen LogP) is 0.0307. The van der Waals surface area contributed by atoms with Gasteiger partial charge in [-0.2, -0.15) is 0 Å². The molecule has 9 heteroatoms. The summed E-state index contributed by atoms with van der Waals surface area (Å²) in [6.07, 6.45) is 4.34. The van der Waals surface area contributed by atoms with Gasteiger partial charge >= 0.3 is 135 Å². The van der Waals surface area contributed by atoms with Gasteiger partial charge in [0, 0.05) is 0 Å². The average Bonchev–Trinajstić information content (AvgIpc) is 2.82. The summed E-state index contributed by atoms with van der Waals surface area (Å²) in [5.74, 6) is 0.158. The molecule has 0 spiro atoms. The van der Waals surface area contributed by atoms with Gasteiger partial charge in [0.15, 0.2) is 0 Å². The number of benzene rings is 1. The third-order valence-corrected chi connectivity index (χ3v) is 3.53. The molecule has 7 nitrogen and oxygen atoms in total. The summed E-state index contributed by atoms with van der Waals surface area (Å²) < 4.78 is 2.23. The van der Waals surface area contributed by atoms with Crippen molar-refractivity contribution in [2.45, 2.75) is 6.54 Å². The van der Waals surface area contributed by atoms with Crippen molar-refractivity contribution in [1.82, 2.24) is 9.78 Å². The molecule has 1 aromatic carbocycles. The molecule has 0 aliphatic heterocycles. The first-order valence-electron chi connectivity index (χ1n) is 6.44. The Hall–Kier alpha value is -1.95. The molecule has 2 radical (unpaired) electrons. The molecule has 0 aliphatic rings. The van der Waals surface area contributed by atoms with Crippen LogP contribution in [0.15, 0.2) is 30.5 Å². The molecule has 2 rings (SSSR count). The molecule has 0 aliphatic carbocycles. The van der Waals surface area contributed by atoms with Gasteiger partial charge in [0.25, 0.3) is 0 Å². The number of aromatic nitrogens is 2. The van der Waals surface area contributed by atoms with Gasteiger partial charge in [-0.15, -0.1) is 12.4 Å². The van der Waals surface area contributed by atoms with Gasteiger partial charge < -0.3 is 0 Å². The molecule has 122 valence electrons. The molecular weight excluding hydrogens is 383 g/mol. The van der Waals surface area contributed by atoms with Crippen molar-refractivity contribution < 1.29 is 15.0 Å². The van der Waals surface area contributed by atoms with Gasteiger partial charge in [0.2, 0.25) is 0 Å². The Morgan fingerprint density at radius 2 is 2.22 bits per heavy atom. The van der Waals surface area contributed by atoms with E-state index in [0.29, 0.717) is 17.1 Å². The van der Waals surface area contributed by atoms with E-state index in [1.165, 1.54) is 22.9 Å². The molecule has 0 unspecified atom stereocenters. The molecule has 0 saturated carbocycles. The van der Waals surface area contributed by atoms with Crippen molar-refractivity contribution in [2.75, 3.05) is 17.7 Å². The number of halogens is 1. The van der Waals surface area contributed by atoms with E-state index in [0.717, 1.165) is 4.35 Å². The van der Waals surface area contributed by atoms with Crippen molar-refractivity contribution in [1.29, 1.82) is 0 Å². The van der Waals surface area contributed by atoms with E-state index in [1.54, 1.807) is 18.3 Å². The maximum atomic E-state index is 12.0. The Morgan fingerprint density at radius 1 is 1.48 bits per heavy atom. The summed E-state index contributed by atoms with van der Waals surface area (Å²) in [4.78, 5) is 12.0. The first-order chi connectivity index (χ1) is 10.5. The SMILES string of the molecule is Cl.Nc1ccc(O)c(/C=C/C(=O)Nc2c([As])cnn2CCO)c1. The molecule has 5 N–H and O–H groups in total. The number of aromatic hydroxyl groups is 1. The number of nitrogens with one attached hydrogen (secondary N) is 1. The van der Waals surface area contributed by atoms with Crippen molar-refractivity contribution in [3.63, 3.8) is 0 Å². The van der Waals surface area contributed by atoms with Crippen LogP contribution in [-0.4, -0.2) is 49.4 Å². The standard InChI is InChI=1S/C14H15AsN4O3.ClH/c15-11-8-17-19(5-6-20)14(11)18-13(22)4-1-9-7-10(16)2-3-12(9)21;/h1-4,7-8,20-21H,5-6,16H2,(H,18,22);1H/b4-1+;. The van der Waals surface area contributed by atoms with Gasteiger partial charge in [0.05, 0.1) is 0 Å². The van der Waals surface area contributed by atoms with Crippen LogP contribution in [0.2, 0.25) is 0 Å². The zero-order chi connectivity index (χ0) is 16.1. The number of carbonyl (C=O) groups is 1. The van der Waals surface area contributed by atoms with E-state index in [-0.39, 0.29) is 37.2 Å². The van der Waals surface area contributed by atoms with E-state index in [9.17, 15) is 9.90 Å². The van der Waals surface area contributed by atoms with Crippen LogP contribution in [0.1, 0.15) is 5.56 Å². The zero-order valence-electron chi connectivity index (χ0n) is 12.0. The first kappa shape index (κ1) is 19.1. The van der Waals surface area contributed by atoms with Crippen LogP contribution in [0.25, 0.3) is 6.08 Å². The number of aliphatic hydroxyl groups is 1. The second-order valence-corrected chi connectivity index (χ2v) is 5.48. The monoisotopic (exact) mass is 398 g/mol. The molecular formula is C14H16AsClN4O3. The Labute approximate surface area is 148 Å². The van der Waals surface area contributed by atoms with E-state index >= 15 is 0 Å². The maximum absolute atomic E-state index is 12.0. The number of nitrogen functional groups attached to an aromatic ring is 1. The fourth-order valence-electron chi connectivity index (χ4n) is 1.80. The predicted molar refractivity (Wildman–Crippen MR) is 92.1 cm³/mol. The van der Waals surface area contributed by atoms with E-state index in [2.05, 4.69) is 27.3 Å². The van der Waals surface area contributed by atoms with Gasteiger partial charge in [-0.05, 0) is 0 Å². The number of carbonyl (C=O) groups excluding carboxylic acids is 1. The van der Waals surface area contributed by atoms with Crippen LogP contribution in [0.5, 0.6) is 5.75 Å². The number of hydrogen-bond donors (Lipinski definition) is 4. The third kappa shape index (κ3) is 5.03. The minimum absolute atomic E-state index is 0. The fraction of sp³-hybridized carbons (Fsp3) is 0.143. The van der Waals surface area contributed by atoms with Gasteiger partial charge in [-0.1, -0.05) is 0 Å². The van der Waals surface area contributed by atoms with Crippen molar-refractivity contribution >= 4 is 57.1 Å². The van der Waals surface area contributed by atoms with Gasteiger partial charge in [-0.3, -0.25) is 0 Å². The minimum atomic E-state index is -0.381. The Bertz CT molecular complexity index is 718. The van der Waals surface area contributed by atoms with Crippen molar-refractivity contribution in [3.05, 3.63) is 36.0 Å². The Morgan fingerprint density at radius 3 is 2.91 bits per heavy atom. The van der Waals surface area contributed by atoms with E-state index < -0.39 is 0 Å². The third-order valence-electron chi connectivity index (χ3n) is 2.84. The molecule has 0 bridgehead atoms. The quantitative estimate of drug-likeness (QED) is 0.246. The Kier molecular flexibility index (Phi) is 7.16. The second-order valence-electron chi connectivity index (χ2n) is 4.47. The van der Waals surface area contributed by atoms with Gasteiger partial charge in [-0.25, -0.2) is 0 Å². The Balaban J connectivity index is 0.00000264. The van der Waals surface area contributed by atoms with Crippen LogP contribution in [0.3, 0.4) is 0 Å². The number of phenolic OH excluding ortho intramolecular Hbond substituents is 1. The summed E-state index contributed by atoms with van der Waals surface area (Å²) in [6.45, 7) is 0.205. The molecule has 2 aromatic rings. The summed E-state index contributed by atoms with van der Waals surface area (Å²) in [5, 5.41) is 25.4. The molecule has 1 amide bonds. The van der Waals surface area contributed by atoms with Crippen LogP contribution < -0.4 is 15.4 Å². The van der Waals surface area contributed by atoms with Gasteiger partial charge in [0.1, 0.15) is 0 Å². The first-order valence-corrected chi connectivity index (χ1v) is 7.38. The summed E-state index contributed by atoms with van der Waals surface area (Å²) in [7, 11) is 0. The number of aliphatic hydroxyl groups excluding tert-OH is 1. The van der Waals surface area contributed by atoms with Crippen molar-refractivity contribution in [2.24, 2.45) is 0 Å². The molecule has 0 saturated heterocycles. The molecule has 1 aromatic heterocycles. The summed E-state index contributed by atoms with van der Waals surface area (Å²) in [5.41, 5.74) is 6.58. The van der Waals surface area contributed by atoms with Crippen LogP contribution in [0, 0.1) is 0 Å². The van der Waals surface area contributed by atoms with Crippen LogP contribution >= 0.6 is 12.4 Å². The number of rotatable bonds is 5. The molecule has 23 heavy (non-hydrogen) atoms. The van der Waals surface area contributed by atoms with Crippen LogP contribution in [0.4, 0.5) is 11.5 Å². The zero-order valence-corrected chi connectivity index (χ0v) is 14.7. The normalized spacial score (nSPS) is 10.5. The number of nitrogens with zero attached hydrogens (tertiary/aromatic N) is 2. The molecule has 1 heterocycles. The van der Waals surface area contributed by atoms with E-state index in [4.69, 9.17) is 10.8 Å². The summed E-state index contributed by atoms with van der Waals surface area (Å²) in [6, 6.07) is 4.60. The number of anilines is 2. The number of phenols is 1. The topological polar surface area (TPSA) is 113 Å². The van der Waals surface area contributed by atoms with Crippen LogP contribution in [-0.2, 0) is 11.3 Å². The average molecular weight is 399 g/mol. The number of amides is 1. The molecule has 0 atom stereocenters. The fourth-order valence-corrected chi connectivity index (χ4v) is 2.27. The summed E-state index contributed by atoms with van der Waals surface area (Å²) >= 11 is 2.30. The second kappa shape index (κ2) is 8.62. The number of hydrogen-bond acceptors (Lipinski definition) is 5. The van der Waals surface area contributed by atoms with E-state index in [1.807, 2.05) is 0 Å².